The molecule has 8 heteroatoms. The molecule has 1 unspecified atom stereocenters. The van der Waals surface area contributed by atoms with Crippen LogP contribution in [-0.2, 0) is 12.0 Å². The fourth-order valence-electron chi connectivity index (χ4n) is 4.08. The van der Waals surface area contributed by atoms with E-state index in [0.717, 1.165) is 48.9 Å². The van der Waals surface area contributed by atoms with E-state index in [1.54, 1.807) is 32.4 Å². The van der Waals surface area contributed by atoms with Gasteiger partial charge >= 0.3 is 0 Å². The van der Waals surface area contributed by atoms with Crippen molar-refractivity contribution in [2.75, 3.05) is 29.4 Å². The summed E-state index contributed by atoms with van der Waals surface area (Å²) < 4.78 is 0. The van der Waals surface area contributed by atoms with E-state index in [-0.39, 0.29) is 6.04 Å². The molecule has 0 aliphatic carbocycles. The fourth-order valence-corrected chi connectivity index (χ4v) is 4.08. The lowest BCUT2D eigenvalue weighted by Crippen LogP contribution is -2.53. The Balaban J connectivity index is 1.48. The monoisotopic (exact) mass is 433 g/mol. The Bertz CT molecular complexity index is 1060. The van der Waals surface area contributed by atoms with E-state index in [9.17, 15) is 5.11 Å². The third-order valence-corrected chi connectivity index (χ3v) is 6.18. The molecule has 0 bridgehead atoms. The second kappa shape index (κ2) is 8.78. The highest BCUT2D eigenvalue weighted by Crippen LogP contribution is 2.27. The first-order valence-electron chi connectivity index (χ1n) is 11.0. The average molecular weight is 434 g/mol. The molecule has 1 fully saturated rings. The van der Waals surface area contributed by atoms with E-state index in [1.807, 2.05) is 12.3 Å². The van der Waals surface area contributed by atoms with Crippen LogP contribution in [0.4, 0.5) is 11.6 Å². The van der Waals surface area contributed by atoms with Gasteiger partial charge in [-0.3, -0.25) is 9.97 Å². The predicted molar refractivity (Wildman–Crippen MR) is 125 cm³/mol. The van der Waals surface area contributed by atoms with Crippen LogP contribution in [0.25, 0.3) is 0 Å². The van der Waals surface area contributed by atoms with Gasteiger partial charge in [-0.15, -0.1) is 5.10 Å². The Morgan fingerprint density at radius 2 is 1.88 bits per heavy atom. The Morgan fingerprint density at radius 1 is 1.06 bits per heavy atom. The molecule has 32 heavy (non-hydrogen) atoms. The Hall–Kier alpha value is -3.13. The first-order chi connectivity index (χ1) is 15.2. The number of nitrogens with zero attached hydrogens (tertiary/aromatic N) is 7. The number of pyridine rings is 1. The summed E-state index contributed by atoms with van der Waals surface area (Å²) in [7, 11) is 0. The molecule has 8 nitrogen and oxygen atoms in total. The quantitative estimate of drug-likeness (QED) is 0.657. The van der Waals surface area contributed by atoms with Crippen LogP contribution < -0.4 is 9.80 Å². The van der Waals surface area contributed by atoms with Crippen LogP contribution in [0.1, 0.15) is 48.8 Å². The number of hydrogen-bond acceptors (Lipinski definition) is 8. The number of anilines is 2. The molecule has 3 aromatic rings. The van der Waals surface area contributed by atoms with Gasteiger partial charge in [0.05, 0.1) is 23.8 Å². The minimum Gasteiger partial charge on any atom is -0.384 e. The largest absolute Gasteiger partial charge is 0.384 e. The summed E-state index contributed by atoms with van der Waals surface area (Å²) in [5.41, 5.74) is 4.06. The lowest BCUT2D eigenvalue weighted by Gasteiger charge is -2.41. The number of aliphatic hydroxyl groups is 1. The molecule has 0 saturated carbocycles. The third-order valence-electron chi connectivity index (χ3n) is 6.18. The van der Waals surface area contributed by atoms with Crippen molar-refractivity contribution in [1.29, 1.82) is 0 Å². The SMILES string of the molecule is Cc1c(Cc2cccnc2)nnc(N2CCN(c3cnc(C(C)(C)O)cn3)C(C)C2)c1C. The van der Waals surface area contributed by atoms with E-state index in [2.05, 4.69) is 61.8 Å². The molecule has 1 aliphatic rings. The molecule has 3 aromatic heterocycles. The van der Waals surface area contributed by atoms with Gasteiger partial charge in [-0.2, -0.15) is 5.10 Å². The Labute approximate surface area is 189 Å². The molecule has 1 aliphatic heterocycles. The second-order valence-corrected chi connectivity index (χ2v) is 9.07. The van der Waals surface area contributed by atoms with Gasteiger partial charge in [0.1, 0.15) is 11.4 Å². The van der Waals surface area contributed by atoms with Crippen molar-refractivity contribution in [3.8, 4) is 0 Å². The van der Waals surface area contributed by atoms with Crippen molar-refractivity contribution < 1.29 is 5.11 Å². The lowest BCUT2D eigenvalue weighted by atomic mass is 10.0. The van der Waals surface area contributed by atoms with Crippen molar-refractivity contribution in [3.05, 3.63) is 65.0 Å². The maximum atomic E-state index is 10.1. The molecular formula is C24H31N7O. The Morgan fingerprint density at radius 3 is 2.50 bits per heavy atom. The van der Waals surface area contributed by atoms with Gasteiger partial charge in [-0.05, 0) is 57.4 Å². The topological polar surface area (TPSA) is 91.2 Å². The van der Waals surface area contributed by atoms with E-state index in [1.165, 1.54) is 11.1 Å². The summed E-state index contributed by atoms with van der Waals surface area (Å²) in [4.78, 5) is 17.7. The van der Waals surface area contributed by atoms with Gasteiger partial charge in [0, 0.05) is 44.5 Å². The van der Waals surface area contributed by atoms with Gasteiger partial charge in [0.25, 0.3) is 0 Å². The molecule has 0 radical (unpaired) electrons. The molecule has 4 heterocycles. The standard InChI is InChI=1S/C24H31N7O/c1-16-15-30(9-10-31(16)22-14-26-21(13-27-22)24(4,5)32)23-18(3)17(2)20(28-29-23)11-19-7-6-8-25-12-19/h6-8,12-14,16,32H,9-11,15H2,1-5H3. The number of hydrogen-bond donors (Lipinski definition) is 1. The van der Waals surface area contributed by atoms with E-state index >= 15 is 0 Å². The summed E-state index contributed by atoms with van der Waals surface area (Å²) >= 11 is 0. The van der Waals surface area contributed by atoms with Gasteiger partial charge < -0.3 is 14.9 Å². The zero-order valence-electron chi connectivity index (χ0n) is 19.4. The van der Waals surface area contributed by atoms with E-state index in [0.29, 0.717) is 5.69 Å². The zero-order valence-corrected chi connectivity index (χ0v) is 19.4. The molecule has 1 N–H and O–H groups in total. The second-order valence-electron chi connectivity index (χ2n) is 9.07. The number of aromatic nitrogens is 5. The summed E-state index contributed by atoms with van der Waals surface area (Å²) in [6.07, 6.45) is 7.81. The summed E-state index contributed by atoms with van der Waals surface area (Å²) in [5.74, 6) is 1.78. The van der Waals surface area contributed by atoms with Crippen LogP contribution in [0.15, 0.2) is 36.9 Å². The number of rotatable bonds is 5. The minimum atomic E-state index is -0.993. The summed E-state index contributed by atoms with van der Waals surface area (Å²) in [5, 5.41) is 19.3. The van der Waals surface area contributed by atoms with Crippen LogP contribution in [0.2, 0.25) is 0 Å². The highest BCUT2D eigenvalue weighted by molar-refractivity contribution is 5.52. The first kappa shape index (κ1) is 22.1. The molecule has 0 spiro atoms. The van der Waals surface area contributed by atoms with Crippen LogP contribution in [0, 0.1) is 13.8 Å². The van der Waals surface area contributed by atoms with Crippen molar-refractivity contribution >= 4 is 11.6 Å². The maximum absolute atomic E-state index is 10.1. The molecule has 0 aromatic carbocycles. The smallest absolute Gasteiger partial charge is 0.154 e. The van der Waals surface area contributed by atoms with Crippen molar-refractivity contribution in [1.82, 2.24) is 25.1 Å². The predicted octanol–water partition coefficient (Wildman–Crippen LogP) is 2.81. The zero-order chi connectivity index (χ0) is 22.9. The van der Waals surface area contributed by atoms with E-state index < -0.39 is 5.60 Å². The van der Waals surface area contributed by atoms with Crippen LogP contribution in [0.5, 0.6) is 0 Å². The van der Waals surface area contributed by atoms with Crippen LogP contribution >= 0.6 is 0 Å². The summed E-state index contributed by atoms with van der Waals surface area (Å²) in [6.45, 7) is 12.3. The lowest BCUT2D eigenvalue weighted by molar-refractivity contribution is 0.0734. The highest BCUT2D eigenvalue weighted by atomic mass is 16.3. The van der Waals surface area contributed by atoms with Crippen LogP contribution in [-0.4, -0.2) is 55.9 Å². The molecule has 1 atom stereocenters. The summed E-state index contributed by atoms with van der Waals surface area (Å²) in [6, 6.07) is 4.25. The maximum Gasteiger partial charge on any atom is 0.154 e. The fraction of sp³-hybridized carbons (Fsp3) is 0.458. The normalized spacial score (nSPS) is 17.0. The number of piperazine rings is 1. The van der Waals surface area contributed by atoms with Gasteiger partial charge in [-0.25, -0.2) is 4.98 Å². The molecule has 168 valence electrons. The van der Waals surface area contributed by atoms with Gasteiger partial charge in [0.2, 0.25) is 0 Å². The van der Waals surface area contributed by atoms with Gasteiger partial charge in [-0.1, -0.05) is 6.07 Å². The molecular weight excluding hydrogens is 402 g/mol. The third kappa shape index (κ3) is 4.55. The highest BCUT2D eigenvalue weighted by Gasteiger charge is 2.28. The molecule has 4 rings (SSSR count). The Kier molecular flexibility index (Phi) is 6.06. The van der Waals surface area contributed by atoms with Crippen molar-refractivity contribution in [3.63, 3.8) is 0 Å². The minimum absolute atomic E-state index is 0.239. The van der Waals surface area contributed by atoms with E-state index in [4.69, 9.17) is 0 Å². The first-order valence-corrected chi connectivity index (χ1v) is 11.0. The van der Waals surface area contributed by atoms with Crippen molar-refractivity contribution in [2.45, 2.75) is 52.7 Å². The molecule has 1 saturated heterocycles. The molecule has 0 amide bonds. The van der Waals surface area contributed by atoms with Crippen LogP contribution in [0.3, 0.4) is 0 Å². The van der Waals surface area contributed by atoms with Gasteiger partial charge in [0.15, 0.2) is 5.82 Å². The average Bonchev–Trinajstić information content (AvgIpc) is 2.77. The van der Waals surface area contributed by atoms with Crippen molar-refractivity contribution in [2.24, 2.45) is 0 Å².